The highest BCUT2D eigenvalue weighted by Crippen LogP contribution is 2.81. The van der Waals surface area contributed by atoms with Crippen molar-refractivity contribution in [3.63, 3.8) is 0 Å². The van der Waals surface area contributed by atoms with Gasteiger partial charge in [-0.3, -0.25) is 9.59 Å². The molecule has 4 saturated heterocycles. The Bertz CT molecular complexity index is 1380. The Hall–Kier alpha value is -1.46. The van der Waals surface area contributed by atoms with Gasteiger partial charge in [-0.05, 0) is 75.5 Å². The Morgan fingerprint density at radius 1 is 0.904 bits per heavy atom. The van der Waals surface area contributed by atoms with Crippen molar-refractivity contribution in [1.82, 2.24) is 0 Å². The number of fused-ring (bicyclic) bond motifs is 2. The van der Waals surface area contributed by atoms with Crippen molar-refractivity contribution in [3.8, 4) is 0 Å². The standard InChI is InChI=1S/C38H58O14/c1-18-32(51-34-31(44)30(43)29(42)25(16-39)50-34)24(45-5)15-28(47-18)49-23-8-10-35(3)22(33(23)48-19(2)40)6-12-37-26(35)9-11-36(4)21(7-13-38(36,37)52-37)20-14-27(41)46-17-20/h18,20-26,28-34,39,42-44H,6-17H2,1-5H3. The van der Waals surface area contributed by atoms with Gasteiger partial charge in [-0.2, -0.15) is 0 Å². The molecular formula is C38H58O14. The minimum atomic E-state index is -1.57. The third kappa shape index (κ3) is 5.48. The Kier molecular flexibility index (Phi) is 9.61. The van der Waals surface area contributed by atoms with Crippen molar-refractivity contribution >= 4 is 11.9 Å². The Morgan fingerprint density at radius 3 is 2.37 bits per heavy atom. The first-order valence-corrected chi connectivity index (χ1v) is 19.5. The number of aliphatic hydroxyl groups is 4. The number of carbonyl (C=O) groups excluding carboxylic acids is 2. The van der Waals surface area contributed by atoms with Gasteiger partial charge in [0.2, 0.25) is 0 Å². The van der Waals surface area contributed by atoms with Gasteiger partial charge in [0.05, 0.1) is 37.9 Å². The summed E-state index contributed by atoms with van der Waals surface area (Å²) in [6.07, 6.45) is -2.13. The van der Waals surface area contributed by atoms with Crippen LogP contribution in [0.5, 0.6) is 0 Å². The van der Waals surface area contributed by atoms with Gasteiger partial charge < -0.3 is 58.3 Å². The van der Waals surface area contributed by atoms with Crippen LogP contribution in [0.2, 0.25) is 0 Å². The number of epoxide rings is 1. The van der Waals surface area contributed by atoms with E-state index in [1.54, 1.807) is 14.0 Å². The van der Waals surface area contributed by atoms with E-state index in [1.165, 1.54) is 6.92 Å². The van der Waals surface area contributed by atoms with E-state index in [2.05, 4.69) is 13.8 Å². The second kappa shape index (κ2) is 13.3. The lowest BCUT2D eigenvalue weighted by atomic mass is 9.44. The molecule has 52 heavy (non-hydrogen) atoms. The summed E-state index contributed by atoms with van der Waals surface area (Å²) < 4.78 is 49.3. The van der Waals surface area contributed by atoms with E-state index in [4.69, 9.17) is 37.9 Å². The number of hydrogen-bond donors (Lipinski definition) is 4. The van der Waals surface area contributed by atoms with Gasteiger partial charge in [0.1, 0.15) is 47.8 Å². The minimum absolute atomic E-state index is 0.0121. The highest BCUT2D eigenvalue weighted by Gasteiger charge is 2.86. The maximum atomic E-state index is 12.7. The van der Waals surface area contributed by atoms with Gasteiger partial charge in [0, 0.05) is 37.7 Å². The predicted octanol–water partition coefficient (Wildman–Crippen LogP) is 1.75. The van der Waals surface area contributed by atoms with Crippen LogP contribution in [0, 0.1) is 34.5 Å². The Labute approximate surface area is 305 Å². The number of rotatable bonds is 8. The average Bonchev–Trinajstić information content (AvgIpc) is 3.41. The van der Waals surface area contributed by atoms with Crippen LogP contribution in [-0.4, -0.2) is 131 Å². The summed E-state index contributed by atoms with van der Waals surface area (Å²) in [6.45, 7) is 8.01. The van der Waals surface area contributed by atoms with E-state index in [0.717, 1.165) is 44.9 Å². The molecule has 4 heterocycles. The lowest BCUT2D eigenvalue weighted by Crippen LogP contribution is -2.63. The molecule has 0 amide bonds. The molecular weight excluding hydrogens is 680 g/mol. The molecule has 4 aliphatic heterocycles. The van der Waals surface area contributed by atoms with Gasteiger partial charge in [0.25, 0.3) is 0 Å². The van der Waals surface area contributed by atoms with Crippen LogP contribution >= 0.6 is 0 Å². The third-order valence-electron chi connectivity index (χ3n) is 15.4. The van der Waals surface area contributed by atoms with E-state index in [0.29, 0.717) is 31.3 Å². The third-order valence-corrected chi connectivity index (χ3v) is 15.4. The smallest absolute Gasteiger partial charge is 0.306 e. The molecule has 8 aliphatic rings. The highest BCUT2D eigenvalue weighted by atomic mass is 16.7. The van der Waals surface area contributed by atoms with Crippen molar-refractivity contribution < 1.29 is 67.9 Å². The quantitative estimate of drug-likeness (QED) is 0.160. The molecule has 8 rings (SSSR count). The second-order valence-electron chi connectivity index (χ2n) is 17.6. The molecule has 0 bridgehead atoms. The molecule has 19 atom stereocenters. The summed E-state index contributed by atoms with van der Waals surface area (Å²) in [4.78, 5) is 24.8. The van der Waals surface area contributed by atoms with Gasteiger partial charge in [-0.15, -0.1) is 0 Å². The molecule has 2 spiro atoms. The average molecular weight is 739 g/mol. The van der Waals surface area contributed by atoms with Crippen molar-refractivity contribution in [2.24, 2.45) is 34.5 Å². The first-order chi connectivity index (χ1) is 24.7. The molecule has 14 heteroatoms. The first kappa shape index (κ1) is 37.5. The molecule has 0 aromatic carbocycles. The molecule has 294 valence electrons. The van der Waals surface area contributed by atoms with Crippen molar-refractivity contribution in [3.05, 3.63) is 0 Å². The van der Waals surface area contributed by atoms with E-state index < -0.39 is 74.1 Å². The summed E-state index contributed by atoms with van der Waals surface area (Å²) >= 11 is 0. The summed E-state index contributed by atoms with van der Waals surface area (Å²) in [7, 11) is 1.55. The topological polar surface area (TPSA) is 192 Å². The fraction of sp³-hybridized carbons (Fsp3) is 0.947. The van der Waals surface area contributed by atoms with E-state index in [-0.39, 0.29) is 52.2 Å². The van der Waals surface area contributed by atoms with Crippen LogP contribution in [0.4, 0.5) is 0 Å². The Morgan fingerprint density at radius 2 is 1.67 bits per heavy atom. The molecule has 8 fully saturated rings. The van der Waals surface area contributed by atoms with Gasteiger partial charge in [-0.25, -0.2) is 0 Å². The van der Waals surface area contributed by atoms with Crippen LogP contribution in [-0.2, 0) is 47.5 Å². The zero-order valence-electron chi connectivity index (χ0n) is 31.0. The minimum Gasteiger partial charge on any atom is -0.465 e. The van der Waals surface area contributed by atoms with E-state index in [1.807, 2.05) is 0 Å². The highest BCUT2D eigenvalue weighted by molar-refractivity contribution is 5.71. The van der Waals surface area contributed by atoms with Crippen molar-refractivity contribution in [2.45, 2.75) is 171 Å². The van der Waals surface area contributed by atoms with E-state index >= 15 is 0 Å². The maximum Gasteiger partial charge on any atom is 0.306 e. The SMILES string of the molecule is COC1CC(OC2CCC3(C)C(CCC45OC46CCC(C4COC(=O)C4)C6(C)CCC35)C2OC(C)=O)OC(C)C1OC1OC(CO)C(O)C(O)C1O. The first-order valence-electron chi connectivity index (χ1n) is 19.5. The number of ether oxygens (including phenoxy) is 8. The van der Waals surface area contributed by atoms with Gasteiger partial charge in [0.15, 0.2) is 12.6 Å². The fourth-order valence-corrected chi connectivity index (χ4v) is 12.9. The largest absolute Gasteiger partial charge is 0.465 e. The molecule has 4 aliphatic carbocycles. The summed E-state index contributed by atoms with van der Waals surface area (Å²) in [5.74, 6) is 0.667. The lowest BCUT2D eigenvalue weighted by Gasteiger charge is -2.60. The predicted molar refractivity (Wildman–Crippen MR) is 178 cm³/mol. The van der Waals surface area contributed by atoms with Crippen molar-refractivity contribution in [1.29, 1.82) is 0 Å². The fourth-order valence-electron chi connectivity index (χ4n) is 12.9. The normalized spacial score (nSPS) is 55.4. The number of cyclic esters (lactones) is 1. The van der Waals surface area contributed by atoms with E-state index in [9.17, 15) is 30.0 Å². The second-order valence-corrected chi connectivity index (χ2v) is 17.6. The molecule has 0 aromatic heterocycles. The van der Waals surface area contributed by atoms with Crippen molar-refractivity contribution in [2.75, 3.05) is 20.3 Å². The number of carbonyl (C=O) groups is 2. The zero-order valence-corrected chi connectivity index (χ0v) is 31.0. The van der Waals surface area contributed by atoms with Gasteiger partial charge >= 0.3 is 11.9 Å². The summed E-state index contributed by atoms with van der Waals surface area (Å²) in [6, 6.07) is 0. The van der Waals surface area contributed by atoms with Crippen LogP contribution in [0.3, 0.4) is 0 Å². The molecule has 19 unspecified atom stereocenters. The lowest BCUT2D eigenvalue weighted by molar-refractivity contribution is -0.347. The summed E-state index contributed by atoms with van der Waals surface area (Å²) in [5.41, 5.74) is -0.472. The molecule has 0 radical (unpaired) electrons. The maximum absolute atomic E-state index is 12.7. The van der Waals surface area contributed by atoms with Crippen LogP contribution in [0.1, 0.15) is 91.9 Å². The zero-order chi connectivity index (χ0) is 37.0. The molecule has 14 nitrogen and oxygen atoms in total. The number of aliphatic hydroxyl groups excluding tert-OH is 4. The number of methoxy groups -OCH3 is 1. The van der Waals surface area contributed by atoms with Crippen LogP contribution in [0.15, 0.2) is 0 Å². The van der Waals surface area contributed by atoms with Crippen LogP contribution in [0.25, 0.3) is 0 Å². The monoisotopic (exact) mass is 738 g/mol. The molecule has 4 saturated carbocycles. The number of hydrogen-bond acceptors (Lipinski definition) is 14. The molecule has 4 N–H and O–H groups in total. The Balaban J connectivity index is 0.959. The number of esters is 2. The van der Waals surface area contributed by atoms with Crippen LogP contribution < -0.4 is 0 Å². The summed E-state index contributed by atoms with van der Waals surface area (Å²) in [5, 5.41) is 40.7. The molecule has 0 aromatic rings. The van der Waals surface area contributed by atoms with Gasteiger partial charge in [-0.1, -0.05) is 13.8 Å².